The molecule has 6 heteroatoms. The van der Waals surface area contributed by atoms with E-state index in [0.29, 0.717) is 33.3 Å². The average Bonchev–Trinajstić information content (AvgIpc) is 2.73. The molecule has 0 aliphatic rings. The second-order valence-electron chi connectivity index (χ2n) is 5.84. The lowest BCUT2D eigenvalue weighted by Crippen LogP contribution is -2.01. The molecule has 0 aliphatic heterocycles. The zero-order chi connectivity index (χ0) is 20.1. The number of rotatable bonds is 6. The van der Waals surface area contributed by atoms with Gasteiger partial charge in [0.15, 0.2) is 5.78 Å². The van der Waals surface area contributed by atoms with E-state index in [1.54, 1.807) is 56.8 Å². The molecule has 3 aromatic carbocycles. The molecule has 3 rings (SSSR count). The molecule has 0 saturated heterocycles. The average molecular weight is 459 g/mol. The molecule has 0 amide bonds. The van der Waals surface area contributed by atoms with Crippen molar-refractivity contribution in [1.82, 2.24) is 0 Å². The maximum absolute atomic E-state index is 12.9. The Morgan fingerprint density at radius 1 is 1.00 bits per heavy atom. The predicted octanol–water partition coefficient (Wildman–Crippen LogP) is 6.10. The van der Waals surface area contributed by atoms with Gasteiger partial charge in [0.25, 0.3) is 0 Å². The number of ether oxygens (including phenoxy) is 2. The Kier molecular flexibility index (Phi) is 6.49. The maximum atomic E-state index is 12.9. The zero-order valence-electron chi connectivity index (χ0n) is 15.3. The van der Waals surface area contributed by atoms with E-state index in [1.165, 1.54) is 0 Å². The fourth-order valence-electron chi connectivity index (χ4n) is 2.67. The molecule has 0 radical (unpaired) electrons. The number of methoxy groups -OCH3 is 2. The third-order valence-electron chi connectivity index (χ3n) is 4.09. The summed E-state index contributed by atoms with van der Waals surface area (Å²) in [6.07, 6.45) is 1.65. The van der Waals surface area contributed by atoms with E-state index in [-0.39, 0.29) is 5.78 Å². The highest BCUT2D eigenvalue weighted by atomic mass is 79.9. The quantitative estimate of drug-likeness (QED) is 0.331. The first-order valence-electron chi connectivity index (χ1n) is 8.38. The largest absolute Gasteiger partial charge is 0.496 e. The van der Waals surface area contributed by atoms with Gasteiger partial charge in [-0.2, -0.15) is 0 Å². The van der Waals surface area contributed by atoms with Crippen molar-refractivity contribution >= 4 is 45.2 Å². The summed E-state index contributed by atoms with van der Waals surface area (Å²) < 4.78 is 11.5. The van der Waals surface area contributed by atoms with Gasteiger partial charge in [-0.1, -0.05) is 41.9 Å². The van der Waals surface area contributed by atoms with Crippen LogP contribution in [-0.4, -0.2) is 26.2 Å². The number of nitrogens with zero attached hydrogens (tertiary/aromatic N) is 1. The molecule has 0 spiro atoms. The van der Waals surface area contributed by atoms with Gasteiger partial charge in [-0.15, -0.1) is 0 Å². The summed E-state index contributed by atoms with van der Waals surface area (Å²) in [5.74, 6) is 1.12. The van der Waals surface area contributed by atoms with Crippen LogP contribution >= 0.6 is 27.5 Å². The number of carbonyl (C=O) groups excluding carboxylic acids is 1. The number of hydrogen-bond acceptors (Lipinski definition) is 4. The summed E-state index contributed by atoms with van der Waals surface area (Å²) in [6, 6.07) is 17.7. The third kappa shape index (κ3) is 4.43. The van der Waals surface area contributed by atoms with E-state index in [1.807, 2.05) is 24.3 Å². The van der Waals surface area contributed by atoms with Gasteiger partial charge in [-0.3, -0.25) is 9.79 Å². The van der Waals surface area contributed by atoms with Crippen LogP contribution in [0.5, 0.6) is 11.5 Å². The van der Waals surface area contributed by atoms with Gasteiger partial charge in [0.1, 0.15) is 11.5 Å². The van der Waals surface area contributed by atoms with Crippen LogP contribution in [0, 0.1) is 0 Å². The smallest absolute Gasteiger partial charge is 0.195 e. The summed E-state index contributed by atoms with van der Waals surface area (Å²) in [7, 11) is 3.16. The van der Waals surface area contributed by atoms with Crippen LogP contribution in [0.2, 0.25) is 5.02 Å². The Morgan fingerprint density at radius 3 is 2.39 bits per heavy atom. The van der Waals surface area contributed by atoms with Crippen molar-refractivity contribution in [3.8, 4) is 11.5 Å². The number of carbonyl (C=O) groups is 1. The summed E-state index contributed by atoms with van der Waals surface area (Å²) in [6.45, 7) is 0. The summed E-state index contributed by atoms with van der Waals surface area (Å²) >= 11 is 9.58. The summed E-state index contributed by atoms with van der Waals surface area (Å²) in [5.41, 5.74) is 2.27. The van der Waals surface area contributed by atoms with Gasteiger partial charge in [0.2, 0.25) is 0 Å². The van der Waals surface area contributed by atoms with E-state index in [2.05, 4.69) is 20.9 Å². The van der Waals surface area contributed by atoms with Gasteiger partial charge >= 0.3 is 0 Å². The third-order valence-corrected chi connectivity index (χ3v) is 4.94. The van der Waals surface area contributed by atoms with Crippen LogP contribution in [0.25, 0.3) is 0 Å². The van der Waals surface area contributed by atoms with E-state index in [4.69, 9.17) is 21.1 Å². The van der Waals surface area contributed by atoms with Crippen molar-refractivity contribution in [2.45, 2.75) is 0 Å². The molecule has 0 aromatic heterocycles. The molecule has 0 bridgehead atoms. The Bertz CT molecular complexity index is 1040. The SMILES string of the molecule is COc1cc(OC)c(C=Nc2ccc(Cl)cc2C(=O)c2ccccc2)cc1Br. The normalized spacial score (nSPS) is 10.9. The van der Waals surface area contributed by atoms with Gasteiger partial charge in [0.05, 0.1) is 24.4 Å². The lowest BCUT2D eigenvalue weighted by atomic mass is 10.0. The highest BCUT2D eigenvalue weighted by Crippen LogP contribution is 2.33. The molecule has 0 atom stereocenters. The van der Waals surface area contributed by atoms with E-state index in [0.717, 1.165) is 10.0 Å². The minimum Gasteiger partial charge on any atom is -0.496 e. The second kappa shape index (κ2) is 9.04. The molecule has 0 N–H and O–H groups in total. The molecule has 28 heavy (non-hydrogen) atoms. The number of benzene rings is 3. The van der Waals surface area contributed by atoms with Crippen molar-refractivity contribution in [3.05, 3.63) is 86.8 Å². The molecule has 0 heterocycles. The molecular weight excluding hydrogens is 442 g/mol. The first-order valence-corrected chi connectivity index (χ1v) is 9.55. The minimum absolute atomic E-state index is 0.141. The first kappa shape index (κ1) is 20.1. The number of ketones is 1. The fourth-order valence-corrected chi connectivity index (χ4v) is 3.37. The Morgan fingerprint density at radius 2 is 1.71 bits per heavy atom. The van der Waals surface area contributed by atoms with Gasteiger partial charge in [-0.25, -0.2) is 0 Å². The lowest BCUT2D eigenvalue weighted by Gasteiger charge is -2.10. The van der Waals surface area contributed by atoms with Crippen molar-refractivity contribution in [2.75, 3.05) is 14.2 Å². The van der Waals surface area contributed by atoms with Crippen LogP contribution in [0.4, 0.5) is 5.69 Å². The van der Waals surface area contributed by atoms with Crippen LogP contribution < -0.4 is 9.47 Å². The fraction of sp³-hybridized carbons (Fsp3) is 0.0909. The molecular formula is C22H17BrClNO3. The van der Waals surface area contributed by atoms with Gasteiger partial charge in [-0.05, 0) is 40.2 Å². The number of aliphatic imine (C=N–C) groups is 1. The van der Waals surface area contributed by atoms with Crippen LogP contribution in [-0.2, 0) is 0 Å². The molecule has 0 saturated carbocycles. The van der Waals surface area contributed by atoms with Crippen molar-refractivity contribution in [1.29, 1.82) is 0 Å². The topological polar surface area (TPSA) is 47.9 Å². The number of halogens is 2. The molecule has 3 aromatic rings. The van der Waals surface area contributed by atoms with Crippen LogP contribution in [0.1, 0.15) is 21.5 Å². The van der Waals surface area contributed by atoms with Crippen LogP contribution in [0.3, 0.4) is 0 Å². The number of hydrogen-bond donors (Lipinski definition) is 0. The van der Waals surface area contributed by atoms with Crippen molar-refractivity contribution in [2.24, 2.45) is 4.99 Å². The van der Waals surface area contributed by atoms with Gasteiger partial charge in [0, 0.05) is 34.0 Å². The molecule has 4 nitrogen and oxygen atoms in total. The summed E-state index contributed by atoms with van der Waals surface area (Å²) in [5, 5.41) is 0.475. The summed E-state index contributed by atoms with van der Waals surface area (Å²) in [4.78, 5) is 17.4. The van der Waals surface area contributed by atoms with E-state index >= 15 is 0 Å². The standard InChI is InChI=1S/C22H17BrClNO3/c1-27-20-12-21(28-2)18(23)10-15(20)13-25-19-9-8-16(24)11-17(19)22(26)14-6-4-3-5-7-14/h3-13H,1-2H3. The predicted molar refractivity (Wildman–Crippen MR) is 116 cm³/mol. The Labute approximate surface area is 176 Å². The zero-order valence-corrected chi connectivity index (χ0v) is 17.6. The highest BCUT2D eigenvalue weighted by molar-refractivity contribution is 9.10. The van der Waals surface area contributed by atoms with Gasteiger partial charge < -0.3 is 9.47 Å². The minimum atomic E-state index is -0.141. The van der Waals surface area contributed by atoms with E-state index in [9.17, 15) is 4.79 Å². The van der Waals surface area contributed by atoms with E-state index < -0.39 is 0 Å². The second-order valence-corrected chi connectivity index (χ2v) is 7.13. The van der Waals surface area contributed by atoms with Crippen LogP contribution in [0.15, 0.2) is 70.1 Å². The molecule has 0 fully saturated rings. The molecule has 142 valence electrons. The Balaban J connectivity index is 2.02. The highest BCUT2D eigenvalue weighted by Gasteiger charge is 2.14. The lowest BCUT2D eigenvalue weighted by molar-refractivity contribution is 0.103. The molecule has 0 unspecified atom stereocenters. The monoisotopic (exact) mass is 457 g/mol. The molecule has 0 aliphatic carbocycles. The van der Waals surface area contributed by atoms with Crippen molar-refractivity contribution in [3.63, 3.8) is 0 Å². The van der Waals surface area contributed by atoms with Crippen molar-refractivity contribution < 1.29 is 14.3 Å². The maximum Gasteiger partial charge on any atom is 0.195 e. The first-order chi connectivity index (χ1) is 13.5. The Hall–Kier alpha value is -2.63.